The van der Waals surface area contributed by atoms with E-state index in [4.69, 9.17) is 0 Å². The van der Waals surface area contributed by atoms with Gasteiger partial charge >= 0.3 is 0 Å². The van der Waals surface area contributed by atoms with E-state index < -0.39 is 11.6 Å². The lowest BCUT2D eigenvalue weighted by Crippen LogP contribution is -2.28. The maximum Gasteiger partial charge on any atom is 0.272 e. The van der Waals surface area contributed by atoms with Gasteiger partial charge in [0.2, 0.25) is 5.95 Å². The Balaban J connectivity index is 1.83. The highest BCUT2D eigenvalue weighted by Crippen LogP contribution is 2.21. The van der Waals surface area contributed by atoms with E-state index in [1.54, 1.807) is 4.90 Å². The summed E-state index contributed by atoms with van der Waals surface area (Å²) >= 11 is 0. The highest BCUT2D eigenvalue weighted by molar-refractivity contribution is 5.92. The normalized spacial score (nSPS) is 14.2. The average molecular weight is 304 g/mol. The van der Waals surface area contributed by atoms with Crippen LogP contribution in [0.4, 0.5) is 20.4 Å². The molecule has 1 aromatic carbocycles. The van der Waals surface area contributed by atoms with E-state index >= 15 is 0 Å². The van der Waals surface area contributed by atoms with Crippen molar-refractivity contribution in [2.75, 3.05) is 18.4 Å². The van der Waals surface area contributed by atoms with Gasteiger partial charge in [0.05, 0.1) is 0 Å². The molecule has 0 radical (unpaired) electrons. The molecule has 1 amide bonds. The van der Waals surface area contributed by atoms with E-state index in [1.807, 2.05) is 0 Å². The topological polar surface area (TPSA) is 58.1 Å². The number of rotatable bonds is 3. The number of hydrogen-bond donors (Lipinski definition) is 1. The molecule has 1 aliphatic rings. The largest absolute Gasteiger partial charge is 0.337 e. The zero-order valence-corrected chi connectivity index (χ0v) is 11.7. The van der Waals surface area contributed by atoms with Crippen LogP contribution in [-0.4, -0.2) is 33.9 Å². The van der Waals surface area contributed by atoms with Crippen molar-refractivity contribution in [1.29, 1.82) is 0 Å². The first-order valence-electron chi connectivity index (χ1n) is 6.98. The summed E-state index contributed by atoms with van der Waals surface area (Å²) in [5.41, 5.74) is -0.135. The van der Waals surface area contributed by atoms with Gasteiger partial charge in [0.25, 0.3) is 5.91 Å². The molecule has 0 atom stereocenters. The van der Waals surface area contributed by atoms with Crippen molar-refractivity contribution in [1.82, 2.24) is 14.9 Å². The van der Waals surface area contributed by atoms with E-state index in [0.717, 1.165) is 25.0 Å². The third-order valence-corrected chi connectivity index (χ3v) is 3.47. The highest BCUT2D eigenvalue weighted by Gasteiger charge is 2.21. The van der Waals surface area contributed by atoms with Crippen LogP contribution in [0.3, 0.4) is 0 Å². The number of halogens is 2. The third-order valence-electron chi connectivity index (χ3n) is 3.47. The second-order valence-electron chi connectivity index (χ2n) is 4.99. The van der Waals surface area contributed by atoms with E-state index in [-0.39, 0.29) is 23.2 Å². The molecular formula is C15H14F2N4O. The Labute approximate surface area is 126 Å². The first-order valence-corrected chi connectivity index (χ1v) is 6.98. The highest BCUT2D eigenvalue weighted by atomic mass is 19.1. The lowest BCUT2D eigenvalue weighted by Gasteiger charge is -2.15. The van der Waals surface area contributed by atoms with Gasteiger partial charge in [0, 0.05) is 19.3 Å². The molecule has 0 aliphatic carbocycles. The van der Waals surface area contributed by atoms with E-state index in [1.165, 1.54) is 18.3 Å². The Kier molecular flexibility index (Phi) is 3.95. The number of likely N-dealkylation sites (tertiary alicyclic amines) is 1. The molecule has 0 bridgehead atoms. The molecule has 1 aliphatic heterocycles. The van der Waals surface area contributed by atoms with Crippen LogP contribution in [0.25, 0.3) is 0 Å². The first kappa shape index (κ1) is 14.4. The molecule has 1 saturated heterocycles. The molecule has 5 nitrogen and oxygen atoms in total. The molecule has 1 fully saturated rings. The Bertz CT molecular complexity index is 681. The summed E-state index contributed by atoms with van der Waals surface area (Å²) < 4.78 is 27.2. The van der Waals surface area contributed by atoms with Gasteiger partial charge < -0.3 is 10.2 Å². The van der Waals surface area contributed by atoms with Crippen LogP contribution in [0.15, 0.2) is 30.5 Å². The van der Waals surface area contributed by atoms with Gasteiger partial charge in [-0.05, 0) is 31.0 Å². The molecule has 2 aromatic rings. The number of aromatic nitrogens is 2. The first-order chi connectivity index (χ1) is 10.6. The minimum absolute atomic E-state index is 0.0194. The van der Waals surface area contributed by atoms with Crippen molar-refractivity contribution >= 4 is 17.5 Å². The number of benzene rings is 1. The van der Waals surface area contributed by atoms with Gasteiger partial charge in [-0.15, -0.1) is 0 Å². The third kappa shape index (κ3) is 2.88. The number of hydrogen-bond acceptors (Lipinski definition) is 4. The number of nitrogens with one attached hydrogen (secondary N) is 1. The van der Waals surface area contributed by atoms with Crippen LogP contribution in [0.1, 0.15) is 23.3 Å². The average Bonchev–Trinajstić information content (AvgIpc) is 3.05. The number of nitrogens with zero attached hydrogens (tertiary/aromatic N) is 3. The van der Waals surface area contributed by atoms with Gasteiger partial charge in [-0.25, -0.2) is 18.7 Å². The molecule has 0 spiro atoms. The molecule has 7 heteroatoms. The molecule has 0 saturated carbocycles. The van der Waals surface area contributed by atoms with Crippen molar-refractivity contribution in [3.8, 4) is 0 Å². The summed E-state index contributed by atoms with van der Waals surface area (Å²) in [6.45, 7) is 1.40. The minimum atomic E-state index is -0.750. The summed E-state index contributed by atoms with van der Waals surface area (Å²) in [7, 11) is 0. The van der Waals surface area contributed by atoms with Crippen LogP contribution < -0.4 is 5.32 Å². The van der Waals surface area contributed by atoms with Gasteiger partial charge in [-0.3, -0.25) is 4.79 Å². The van der Waals surface area contributed by atoms with E-state index in [9.17, 15) is 13.6 Å². The van der Waals surface area contributed by atoms with E-state index in [0.29, 0.717) is 13.1 Å². The van der Waals surface area contributed by atoms with Crippen LogP contribution in [0.5, 0.6) is 0 Å². The summed E-state index contributed by atoms with van der Waals surface area (Å²) in [6, 6.07) is 5.02. The van der Waals surface area contributed by atoms with Crippen LogP contribution in [0, 0.1) is 11.6 Å². The second kappa shape index (κ2) is 6.05. The van der Waals surface area contributed by atoms with Gasteiger partial charge in [0.1, 0.15) is 23.0 Å². The van der Waals surface area contributed by atoms with Gasteiger partial charge in [-0.1, -0.05) is 6.07 Å². The number of carbonyl (C=O) groups excluding carboxylic acids is 1. The maximum atomic E-state index is 13.6. The maximum absolute atomic E-state index is 13.6. The minimum Gasteiger partial charge on any atom is -0.337 e. The zero-order valence-electron chi connectivity index (χ0n) is 11.7. The molecular weight excluding hydrogens is 290 g/mol. The molecule has 3 rings (SSSR count). The number of anilines is 2. The SMILES string of the molecule is O=C(c1ccnc(Nc2c(F)cccc2F)n1)N1CCCC1. The lowest BCUT2D eigenvalue weighted by molar-refractivity contribution is 0.0787. The van der Waals surface area contributed by atoms with Crippen molar-refractivity contribution in [2.24, 2.45) is 0 Å². The summed E-state index contributed by atoms with van der Waals surface area (Å²) in [4.78, 5) is 21.9. The van der Waals surface area contributed by atoms with Crippen molar-refractivity contribution in [3.05, 3.63) is 47.8 Å². The number of para-hydroxylation sites is 1. The molecule has 22 heavy (non-hydrogen) atoms. The fourth-order valence-corrected chi connectivity index (χ4v) is 2.35. The van der Waals surface area contributed by atoms with Crippen LogP contribution >= 0.6 is 0 Å². The van der Waals surface area contributed by atoms with Crippen molar-refractivity contribution < 1.29 is 13.6 Å². The van der Waals surface area contributed by atoms with Gasteiger partial charge in [0.15, 0.2) is 0 Å². The molecule has 0 unspecified atom stereocenters. The lowest BCUT2D eigenvalue weighted by atomic mass is 10.3. The van der Waals surface area contributed by atoms with Crippen molar-refractivity contribution in [3.63, 3.8) is 0 Å². The molecule has 114 valence electrons. The smallest absolute Gasteiger partial charge is 0.272 e. The van der Waals surface area contributed by atoms with E-state index in [2.05, 4.69) is 15.3 Å². The van der Waals surface area contributed by atoms with Gasteiger partial charge in [-0.2, -0.15) is 0 Å². The predicted octanol–water partition coefficient (Wildman–Crippen LogP) is 2.73. The molecule has 2 heterocycles. The quantitative estimate of drug-likeness (QED) is 0.947. The summed E-state index contributed by atoms with van der Waals surface area (Å²) in [5.74, 6) is -1.72. The Hall–Kier alpha value is -2.57. The fourth-order valence-electron chi connectivity index (χ4n) is 2.35. The van der Waals surface area contributed by atoms with Crippen LogP contribution in [0.2, 0.25) is 0 Å². The number of amides is 1. The Morgan fingerprint density at radius 1 is 1.14 bits per heavy atom. The second-order valence-corrected chi connectivity index (χ2v) is 4.99. The number of carbonyl (C=O) groups is 1. The summed E-state index contributed by atoms with van der Waals surface area (Å²) in [5, 5.41) is 2.48. The fraction of sp³-hybridized carbons (Fsp3) is 0.267. The standard InChI is InChI=1S/C15H14F2N4O/c16-10-4-3-5-11(17)13(10)20-15-18-7-6-12(19-15)14(22)21-8-1-2-9-21/h3-7H,1-2,8-9H2,(H,18,19,20). The van der Waals surface area contributed by atoms with Crippen molar-refractivity contribution in [2.45, 2.75) is 12.8 Å². The Morgan fingerprint density at radius 2 is 1.82 bits per heavy atom. The van der Waals surface area contributed by atoms with Crippen LogP contribution in [-0.2, 0) is 0 Å². The zero-order chi connectivity index (χ0) is 15.5. The molecule has 1 aromatic heterocycles. The molecule has 1 N–H and O–H groups in total. The summed E-state index contributed by atoms with van der Waals surface area (Å²) in [6.07, 6.45) is 3.34. The Morgan fingerprint density at radius 3 is 2.50 bits per heavy atom. The predicted molar refractivity (Wildman–Crippen MR) is 76.8 cm³/mol. The monoisotopic (exact) mass is 304 g/mol.